The fourth-order valence-electron chi connectivity index (χ4n) is 4.51. The van der Waals surface area contributed by atoms with Gasteiger partial charge in [0.2, 0.25) is 0 Å². The van der Waals surface area contributed by atoms with Crippen molar-refractivity contribution in [1.29, 1.82) is 0 Å². The molecule has 1 heterocycles. The van der Waals surface area contributed by atoms with Gasteiger partial charge in [-0.15, -0.1) is 0 Å². The number of ketones is 1. The number of hydrogen-bond acceptors (Lipinski definition) is 5. The van der Waals surface area contributed by atoms with Gasteiger partial charge in [0, 0.05) is 29.3 Å². The number of Topliss-reactive ketones (excluding diaryl/α,β-unsaturated/α-hetero) is 1. The van der Waals surface area contributed by atoms with Gasteiger partial charge in [-0.1, -0.05) is 46.2 Å². The van der Waals surface area contributed by atoms with Crippen molar-refractivity contribution in [2.24, 2.45) is 16.3 Å². The topological polar surface area (TPSA) is 65.0 Å². The predicted molar refractivity (Wildman–Crippen MR) is 122 cm³/mol. The van der Waals surface area contributed by atoms with Crippen LogP contribution in [0.15, 0.2) is 40.5 Å². The van der Waals surface area contributed by atoms with E-state index in [0.717, 1.165) is 48.4 Å². The summed E-state index contributed by atoms with van der Waals surface area (Å²) in [5.41, 5.74) is 3.03. The van der Waals surface area contributed by atoms with Crippen LogP contribution in [0, 0.1) is 11.3 Å². The Morgan fingerprint density at radius 2 is 1.81 bits per heavy atom. The second-order valence-corrected chi connectivity index (χ2v) is 9.45. The zero-order chi connectivity index (χ0) is 22.6. The minimum absolute atomic E-state index is 0.0881. The molecule has 5 heteroatoms. The summed E-state index contributed by atoms with van der Waals surface area (Å²) >= 11 is 0. The Labute approximate surface area is 185 Å². The van der Waals surface area contributed by atoms with Crippen molar-refractivity contribution in [1.82, 2.24) is 0 Å². The van der Waals surface area contributed by atoms with E-state index in [1.54, 1.807) is 0 Å². The van der Waals surface area contributed by atoms with Gasteiger partial charge in [-0.25, -0.2) is 0 Å². The normalized spacial score (nSPS) is 22.6. The first-order valence-electron chi connectivity index (χ1n) is 11.5. The number of carbonyl (C=O) groups excluding carboxylic acids is 2. The minimum Gasteiger partial charge on any atom is -0.494 e. The van der Waals surface area contributed by atoms with Gasteiger partial charge in [0.1, 0.15) is 11.7 Å². The maximum atomic E-state index is 13.3. The molecule has 0 N–H and O–H groups in total. The number of esters is 1. The summed E-state index contributed by atoms with van der Waals surface area (Å²) in [7, 11) is 0. The van der Waals surface area contributed by atoms with Crippen LogP contribution in [0.3, 0.4) is 0 Å². The first kappa shape index (κ1) is 23.2. The summed E-state index contributed by atoms with van der Waals surface area (Å²) < 4.78 is 11.3. The van der Waals surface area contributed by atoms with Crippen molar-refractivity contribution in [3.63, 3.8) is 0 Å². The molecule has 0 aromatic heterocycles. The van der Waals surface area contributed by atoms with Gasteiger partial charge in [-0.3, -0.25) is 14.6 Å². The Morgan fingerprint density at radius 1 is 1.10 bits per heavy atom. The number of unbranched alkanes of at least 4 members (excludes halogenated alkanes) is 1. The van der Waals surface area contributed by atoms with Crippen LogP contribution in [-0.2, 0) is 14.3 Å². The van der Waals surface area contributed by atoms with Crippen LogP contribution in [0.5, 0.6) is 5.75 Å². The van der Waals surface area contributed by atoms with E-state index in [-0.39, 0.29) is 23.1 Å². The lowest BCUT2D eigenvalue weighted by Gasteiger charge is -2.39. The Kier molecular flexibility index (Phi) is 7.34. The predicted octanol–water partition coefficient (Wildman–Crippen LogP) is 5.64. The van der Waals surface area contributed by atoms with Gasteiger partial charge < -0.3 is 9.47 Å². The summed E-state index contributed by atoms with van der Waals surface area (Å²) in [6.07, 6.45) is 3.91. The number of nitrogens with zero attached hydrogens (tertiary/aromatic N) is 1. The van der Waals surface area contributed by atoms with E-state index in [1.807, 2.05) is 31.2 Å². The molecular weight excluding hydrogens is 390 g/mol. The van der Waals surface area contributed by atoms with Crippen molar-refractivity contribution in [3.8, 4) is 5.75 Å². The molecule has 1 aliphatic carbocycles. The van der Waals surface area contributed by atoms with E-state index in [2.05, 4.69) is 27.7 Å². The molecule has 0 amide bonds. The molecule has 1 aromatic carbocycles. The second-order valence-electron chi connectivity index (χ2n) is 9.45. The fraction of sp³-hybridized carbons (Fsp3) is 0.577. The first-order chi connectivity index (χ1) is 14.8. The molecule has 1 aliphatic heterocycles. The quantitative estimate of drug-likeness (QED) is 0.400. The van der Waals surface area contributed by atoms with Crippen LogP contribution in [0.25, 0.3) is 0 Å². The fourth-order valence-corrected chi connectivity index (χ4v) is 4.51. The van der Waals surface area contributed by atoms with E-state index in [0.29, 0.717) is 25.2 Å². The molecule has 31 heavy (non-hydrogen) atoms. The molecule has 3 rings (SSSR count). The van der Waals surface area contributed by atoms with Crippen LogP contribution in [-0.4, -0.2) is 30.7 Å². The number of rotatable bonds is 8. The van der Waals surface area contributed by atoms with Crippen LogP contribution in [0.1, 0.15) is 78.2 Å². The lowest BCUT2D eigenvalue weighted by molar-refractivity contribution is -0.146. The van der Waals surface area contributed by atoms with Crippen molar-refractivity contribution in [2.75, 3.05) is 13.2 Å². The largest absolute Gasteiger partial charge is 0.494 e. The van der Waals surface area contributed by atoms with Gasteiger partial charge in [-0.05, 0) is 49.3 Å². The number of allylic oxidation sites excluding steroid dienone is 2. The van der Waals surface area contributed by atoms with Crippen LogP contribution in [0.2, 0.25) is 0 Å². The van der Waals surface area contributed by atoms with E-state index in [9.17, 15) is 9.59 Å². The molecule has 1 aromatic rings. The molecule has 0 spiro atoms. The molecule has 1 unspecified atom stereocenters. The van der Waals surface area contributed by atoms with Gasteiger partial charge in [0.25, 0.3) is 0 Å². The average molecular weight is 426 g/mol. The van der Waals surface area contributed by atoms with E-state index in [4.69, 9.17) is 14.5 Å². The Hall–Kier alpha value is -2.43. The zero-order valence-corrected chi connectivity index (χ0v) is 19.5. The molecule has 0 saturated carbocycles. The molecule has 5 nitrogen and oxygen atoms in total. The number of benzene rings is 1. The minimum atomic E-state index is -0.580. The summed E-state index contributed by atoms with van der Waals surface area (Å²) in [6, 6.07) is 7.78. The third-order valence-corrected chi connectivity index (χ3v) is 6.01. The molecule has 2 atom stereocenters. The first-order valence-corrected chi connectivity index (χ1v) is 11.5. The highest BCUT2D eigenvalue weighted by molar-refractivity contribution is 6.09. The number of aliphatic imine (C=N–C) groups is 1. The maximum Gasteiger partial charge on any atom is 0.315 e. The van der Waals surface area contributed by atoms with Gasteiger partial charge in [0.15, 0.2) is 5.78 Å². The second kappa shape index (κ2) is 9.80. The summed E-state index contributed by atoms with van der Waals surface area (Å²) in [5.74, 6) is -0.367. The third kappa shape index (κ3) is 5.25. The maximum absolute atomic E-state index is 13.3. The molecule has 0 fully saturated rings. The van der Waals surface area contributed by atoms with Gasteiger partial charge in [-0.2, -0.15) is 0 Å². The van der Waals surface area contributed by atoms with Crippen LogP contribution < -0.4 is 4.74 Å². The zero-order valence-electron chi connectivity index (χ0n) is 19.5. The lowest BCUT2D eigenvalue weighted by atomic mass is 9.67. The van der Waals surface area contributed by atoms with Crippen molar-refractivity contribution >= 4 is 17.5 Å². The third-order valence-electron chi connectivity index (χ3n) is 6.01. The van der Waals surface area contributed by atoms with Crippen molar-refractivity contribution in [3.05, 3.63) is 41.1 Å². The van der Waals surface area contributed by atoms with Gasteiger partial charge in [0.05, 0.1) is 13.2 Å². The molecule has 168 valence electrons. The number of ether oxygens (including phenoxy) is 2. The summed E-state index contributed by atoms with van der Waals surface area (Å²) in [4.78, 5) is 31.2. The molecule has 2 aliphatic rings. The molecule has 0 bridgehead atoms. The number of hydrogen-bond donors (Lipinski definition) is 0. The van der Waals surface area contributed by atoms with E-state index < -0.39 is 5.92 Å². The molecular formula is C26H35NO4. The highest BCUT2D eigenvalue weighted by atomic mass is 16.5. The van der Waals surface area contributed by atoms with Crippen molar-refractivity contribution in [2.45, 2.75) is 72.6 Å². The summed E-state index contributed by atoms with van der Waals surface area (Å²) in [6.45, 7) is 11.3. The lowest BCUT2D eigenvalue weighted by Crippen LogP contribution is -2.39. The average Bonchev–Trinajstić information content (AvgIpc) is 2.70. The van der Waals surface area contributed by atoms with E-state index >= 15 is 0 Å². The SMILES string of the molecule is CCCCOC(=O)C1C(C)=NC2=C(C(=O)CC(C)(C)C2)[C@H]1c1ccc(OCCC)cc1. The standard InChI is InChI=1S/C26H35NO4/c1-6-8-14-31-25(29)22-17(3)27-20-15-26(4,5)16-21(28)24(20)23(22)18-9-11-19(12-10-18)30-13-7-2/h9-12,22-23H,6-8,13-16H2,1-5H3/t22?,23-/m0/s1. The van der Waals surface area contributed by atoms with Crippen molar-refractivity contribution < 1.29 is 19.1 Å². The van der Waals surface area contributed by atoms with Crippen LogP contribution in [0.4, 0.5) is 0 Å². The highest BCUT2D eigenvalue weighted by Gasteiger charge is 2.46. The van der Waals surface area contributed by atoms with Gasteiger partial charge >= 0.3 is 5.97 Å². The molecule has 0 saturated heterocycles. The Morgan fingerprint density at radius 3 is 2.45 bits per heavy atom. The number of carbonyl (C=O) groups is 2. The van der Waals surface area contributed by atoms with Crippen LogP contribution >= 0.6 is 0 Å². The Bertz CT molecular complexity index is 879. The monoisotopic (exact) mass is 425 g/mol. The smallest absolute Gasteiger partial charge is 0.315 e. The summed E-state index contributed by atoms with van der Waals surface area (Å²) in [5, 5.41) is 0. The highest BCUT2D eigenvalue weighted by Crippen LogP contribution is 2.48. The van der Waals surface area contributed by atoms with E-state index in [1.165, 1.54) is 0 Å². The Balaban J connectivity index is 2.01. The molecule has 0 radical (unpaired) electrons.